The number of carbonyl (C=O) groups excluding carboxylic acids is 2. The maximum absolute atomic E-state index is 12.5. The Morgan fingerprint density at radius 2 is 2.06 bits per heavy atom. The zero-order valence-corrected chi connectivity index (χ0v) is 19.1. The van der Waals surface area contributed by atoms with Crippen LogP contribution in [0.1, 0.15) is 47.0 Å². The molecule has 3 unspecified atom stereocenters. The first-order chi connectivity index (χ1) is 14.6. The van der Waals surface area contributed by atoms with Gasteiger partial charge in [0.15, 0.2) is 0 Å². The molecule has 176 valence electrons. The fraction of sp³-hybridized carbons (Fsp3) is 0.818. The highest BCUT2D eigenvalue weighted by Gasteiger charge is 2.72. The van der Waals surface area contributed by atoms with Gasteiger partial charge in [0.1, 0.15) is 29.5 Å². The van der Waals surface area contributed by atoms with E-state index in [0.717, 1.165) is 12.0 Å². The average molecular weight is 441 g/mol. The number of nitrogens with two attached hydrogens (primary N) is 1. The minimum absolute atomic E-state index is 0.0221. The van der Waals surface area contributed by atoms with Crippen LogP contribution in [0.2, 0.25) is 0 Å². The van der Waals surface area contributed by atoms with Crippen LogP contribution in [0.4, 0.5) is 4.79 Å². The molecule has 0 aromatic carbocycles. The molecule has 2 amide bonds. The highest BCUT2D eigenvalue weighted by Crippen LogP contribution is 2.59. The van der Waals surface area contributed by atoms with E-state index in [1.807, 2.05) is 19.9 Å². The molecule has 0 aromatic rings. The lowest BCUT2D eigenvalue weighted by molar-refractivity contribution is -0.123. The van der Waals surface area contributed by atoms with Crippen LogP contribution in [0.3, 0.4) is 0 Å². The quantitative estimate of drug-likeness (QED) is 0.363. The summed E-state index contributed by atoms with van der Waals surface area (Å²) in [4.78, 5) is 24.1. The van der Waals surface area contributed by atoms with Crippen molar-refractivity contribution in [2.75, 3.05) is 20.3 Å². The molecular weight excluding hydrogens is 404 g/mol. The molecule has 1 spiro atoms. The third-order valence-electron chi connectivity index (χ3n) is 6.93. The van der Waals surface area contributed by atoms with E-state index in [2.05, 4.69) is 5.32 Å². The van der Waals surface area contributed by atoms with Gasteiger partial charge in [-0.05, 0) is 39.0 Å². The van der Waals surface area contributed by atoms with Gasteiger partial charge in [-0.15, -0.1) is 0 Å². The van der Waals surface area contributed by atoms with Crippen molar-refractivity contribution in [3.05, 3.63) is 11.6 Å². The Labute approximate surface area is 183 Å². The molecule has 2 heterocycles. The van der Waals surface area contributed by atoms with Crippen LogP contribution in [0.15, 0.2) is 11.6 Å². The van der Waals surface area contributed by atoms with Crippen LogP contribution in [-0.2, 0) is 23.7 Å². The first-order valence-electron chi connectivity index (χ1n) is 11.0. The average Bonchev–Trinajstić information content (AvgIpc) is 3.62. The van der Waals surface area contributed by atoms with Gasteiger partial charge in [-0.2, -0.15) is 0 Å². The third-order valence-corrected chi connectivity index (χ3v) is 6.93. The van der Waals surface area contributed by atoms with Gasteiger partial charge in [-0.3, -0.25) is 4.79 Å². The van der Waals surface area contributed by atoms with Gasteiger partial charge in [-0.1, -0.05) is 25.5 Å². The van der Waals surface area contributed by atoms with Crippen LogP contribution < -0.4 is 11.1 Å². The lowest BCUT2D eigenvalue weighted by atomic mass is 9.68. The van der Waals surface area contributed by atoms with E-state index in [0.29, 0.717) is 19.4 Å². The first-order valence-corrected chi connectivity index (χ1v) is 11.0. The highest BCUT2D eigenvalue weighted by molar-refractivity contribution is 5.84. The monoisotopic (exact) mass is 440 g/mol. The van der Waals surface area contributed by atoms with Crippen molar-refractivity contribution in [2.45, 2.75) is 82.5 Å². The van der Waals surface area contributed by atoms with Gasteiger partial charge in [-0.25, -0.2) is 4.79 Å². The third kappa shape index (κ3) is 4.89. The smallest absolute Gasteiger partial charge is 0.408 e. The molecule has 7 atom stereocenters. The van der Waals surface area contributed by atoms with E-state index in [9.17, 15) is 14.7 Å². The Balaban J connectivity index is 1.71. The van der Waals surface area contributed by atoms with Crippen LogP contribution in [0.25, 0.3) is 0 Å². The van der Waals surface area contributed by atoms with Gasteiger partial charge in [0, 0.05) is 7.11 Å². The van der Waals surface area contributed by atoms with Crippen molar-refractivity contribution >= 4 is 12.0 Å². The first kappa shape index (κ1) is 24.0. The summed E-state index contributed by atoms with van der Waals surface area (Å²) in [5.74, 6) is -0.864. The number of aliphatic hydroxyl groups excluding tert-OH is 1. The molecule has 0 bridgehead atoms. The highest BCUT2D eigenvalue weighted by atomic mass is 16.6. The Kier molecular flexibility index (Phi) is 7.00. The van der Waals surface area contributed by atoms with E-state index >= 15 is 0 Å². The molecule has 2 aliphatic heterocycles. The van der Waals surface area contributed by atoms with Gasteiger partial charge in [0.25, 0.3) is 0 Å². The Morgan fingerprint density at radius 3 is 2.58 bits per heavy atom. The fourth-order valence-corrected chi connectivity index (χ4v) is 4.97. The predicted molar refractivity (Wildman–Crippen MR) is 112 cm³/mol. The Bertz CT molecular complexity index is 721. The summed E-state index contributed by atoms with van der Waals surface area (Å²) < 4.78 is 23.6. The fourth-order valence-electron chi connectivity index (χ4n) is 4.97. The number of rotatable bonds is 9. The molecular formula is C22H36N2O7. The van der Waals surface area contributed by atoms with Gasteiger partial charge >= 0.3 is 6.09 Å². The van der Waals surface area contributed by atoms with Gasteiger partial charge in [0.2, 0.25) is 5.91 Å². The SMILES string of the molecule is CO[C@H]1C(C2(C)O[C@H]2C/C=C(\C)CO)C2(CC[C@H]1OC(=O)N[C@@H](C(N)=O)C(C)C)CO2. The van der Waals surface area contributed by atoms with Crippen LogP contribution >= 0.6 is 0 Å². The van der Waals surface area contributed by atoms with Crippen molar-refractivity contribution in [1.29, 1.82) is 0 Å². The summed E-state index contributed by atoms with van der Waals surface area (Å²) in [6, 6.07) is -0.804. The minimum atomic E-state index is -0.804. The number of amides is 2. The molecule has 1 aliphatic carbocycles. The van der Waals surface area contributed by atoms with E-state index in [1.54, 1.807) is 21.0 Å². The van der Waals surface area contributed by atoms with Crippen molar-refractivity contribution in [1.82, 2.24) is 5.32 Å². The second kappa shape index (κ2) is 9.05. The van der Waals surface area contributed by atoms with Crippen LogP contribution in [0, 0.1) is 11.8 Å². The number of hydrogen-bond donors (Lipinski definition) is 3. The minimum Gasteiger partial charge on any atom is -0.443 e. The molecule has 2 saturated heterocycles. The number of hydrogen-bond acceptors (Lipinski definition) is 7. The molecule has 0 aromatic heterocycles. The Hall–Kier alpha value is -1.68. The number of nitrogens with one attached hydrogen (secondary N) is 1. The van der Waals surface area contributed by atoms with Gasteiger partial charge < -0.3 is 35.1 Å². The topological polar surface area (TPSA) is 136 Å². The number of methoxy groups -OCH3 is 1. The largest absolute Gasteiger partial charge is 0.443 e. The van der Waals surface area contributed by atoms with Crippen molar-refractivity contribution in [2.24, 2.45) is 17.6 Å². The molecule has 31 heavy (non-hydrogen) atoms. The normalized spacial score (nSPS) is 38.1. The molecule has 3 fully saturated rings. The number of aliphatic hydroxyl groups is 1. The van der Waals surface area contributed by atoms with E-state index < -0.39 is 35.9 Å². The lowest BCUT2D eigenvalue weighted by Gasteiger charge is -2.42. The van der Waals surface area contributed by atoms with E-state index in [-0.39, 0.29) is 30.1 Å². The standard InChI is InChI=1S/C22H36N2O7/c1-12(2)16(19(23)26)24-20(27)30-14-8-9-22(11-29-22)18(17(14)28-5)21(4)15(31-21)7-6-13(3)10-25/h6,12,14-18,25H,7-11H2,1-5H3,(H2,23,26)(H,24,27)/b13-6+/t14-,15+,16-,17-,18?,21?,22?/m1/s1. The number of carbonyl (C=O) groups is 2. The zero-order chi connectivity index (χ0) is 23.0. The van der Waals surface area contributed by atoms with Crippen molar-refractivity contribution in [3.63, 3.8) is 0 Å². The van der Waals surface area contributed by atoms with E-state index in [4.69, 9.17) is 24.7 Å². The maximum atomic E-state index is 12.5. The zero-order valence-electron chi connectivity index (χ0n) is 19.1. The summed E-state index contributed by atoms with van der Waals surface area (Å²) in [6.45, 7) is 8.18. The lowest BCUT2D eigenvalue weighted by Crippen LogP contribution is -2.57. The number of primary amides is 1. The number of alkyl carbamates (subject to hydrolysis) is 1. The molecule has 3 rings (SSSR count). The van der Waals surface area contributed by atoms with Crippen molar-refractivity contribution in [3.8, 4) is 0 Å². The molecule has 4 N–H and O–H groups in total. The van der Waals surface area contributed by atoms with Gasteiger partial charge in [0.05, 0.1) is 25.2 Å². The summed E-state index contributed by atoms with van der Waals surface area (Å²) in [5, 5.41) is 11.8. The van der Waals surface area contributed by atoms with E-state index in [1.165, 1.54) is 0 Å². The molecule has 0 radical (unpaired) electrons. The van der Waals surface area contributed by atoms with Crippen LogP contribution in [-0.4, -0.2) is 73.0 Å². The second-order valence-electron chi connectivity index (χ2n) is 9.52. The molecule has 9 nitrogen and oxygen atoms in total. The van der Waals surface area contributed by atoms with Crippen molar-refractivity contribution < 1.29 is 33.6 Å². The number of epoxide rings is 2. The Morgan fingerprint density at radius 1 is 1.39 bits per heavy atom. The summed E-state index contributed by atoms with van der Waals surface area (Å²) in [6.07, 6.45) is 2.38. The molecule has 9 heteroatoms. The van der Waals surface area contributed by atoms with Crippen LogP contribution in [0.5, 0.6) is 0 Å². The predicted octanol–water partition coefficient (Wildman–Crippen LogP) is 1.27. The molecule has 3 aliphatic rings. The summed E-state index contributed by atoms with van der Waals surface area (Å²) in [5.41, 5.74) is 5.48. The molecule has 1 saturated carbocycles. The number of ether oxygens (including phenoxy) is 4. The summed E-state index contributed by atoms with van der Waals surface area (Å²) >= 11 is 0. The maximum Gasteiger partial charge on any atom is 0.408 e. The second-order valence-corrected chi connectivity index (χ2v) is 9.52. The summed E-state index contributed by atoms with van der Waals surface area (Å²) in [7, 11) is 1.60.